The van der Waals surface area contributed by atoms with Crippen LogP contribution in [0.25, 0.3) is 11.3 Å². The Morgan fingerprint density at radius 2 is 2.14 bits per heavy atom. The van der Waals surface area contributed by atoms with E-state index in [2.05, 4.69) is 10.5 Å². The predicted molar refractivity (Wildman–Crippen MR) is 79.7 cm³/mol. The summed E-state index contributed by atoms with van der Waals surface area (Å²) in [4.78, 5) is 11.9. The topological polar surface area (TPSA) is 75.4 Å². The van der Waals surface area contributed by atoms with Crippen LogP contribution in [0, 0.1) is 11.7 Å². The largest absolute Gasteiger partial charge is 0.391 e. The van der Waals surface area contributed by atoms with Gasteiger partial charge in [0.05, 0.1) is 11.7 Å². The first kappa shape index (κ1) is 16.2. The van der Waals surface area contributed by atoms with Gasteiger partial charge in [-0.1, -0.05) is 31.1 Å². The number of halogens is 1. The van der Waals surface area contributed by atoms with E-state index >= 15 is 0 Å². The zero-order chi connectivity index (χ0) is 16.1. The number of aliphatic hydroxyl groups is 1. The van der Waals surface area contributed by atoms with Gasteiger partial charge in [0.25, 0.3) is 5.91 Å². The standard InChI is InChI=1S/C16H19FN2O3/c1-10(2)7-11(20)9-18-16(21)14-8-15(22-19-14)12-5-3-4-6-13(12)17/h3-6,8,10-11,20H,7,9H2,1-2H3,(H,18,21). The van der Waals surface area contributed by atoms with E-state index in [1.165, 1.54) is 12.1 Å². The molecule has 1 aromatic heterocycles. The van der Waals surface area contributed by atoms with E-state index in [0.29, 0.717) is 12.3 Å². The fourth-order valence-corrected chi connectivity index (χ4v) is 2.10. The average Bonchev–Trinajstić information content (AvgIpc) is 2.94. The minimum absolute atomic E-state index is 0.0509. The maximum atomic E-state index is 13.6. The molecule has 0 saturated heterocycles. The Hall–Kier alpha value is -2.21. The molecule has 2 aromatic rings. The normalized spacial score (nSPS) is 12.4. The molecule has 2 N–H and O–H groups in total. The van der Waals surface area contributed by atoms with Gasteiger partial charge in [0.2, 0.25) is 0 Å². The maximum Gasteiger partial charge on any atom is 0.273 e. The fraction of sp³-hybridized carbons (Fsp3) is 0.375. The van der Waals surface area contributed by atoms with Crippen LogP contribution in [-0.4, -0.2) is 28.8 Å². The zero-order valence-electron chi connectivity index (χ0n) is 12.5. The minimum Gasteiger partial charge on any atom is -0.391 e. The second-order valence-electron chi connectivity index (χ2n) is 5.55. The predicted octanol–water partition coefficient (Wildman–Crippen LogP) is 2.62. The molecule has 0 aliphatic heterocycles. The molecule has 118 valence electrons. The lowest BCUT2D eigenvalue weighted by Crippen LogP contribution is -2.32. The summed E-state index contributed by atoms with van der Waals surface area (Å²) in [6.45, 7) is 4.12. The summed E-state index contributed by atoms with van der Waals surface area (Å²) in [7, 11) is 0. The number of carbonyl (C=O) groups excluding carboxylic acids is 1. The van der Waals surface area contributed by atoms with Crippen molar-refractivity contribution < 1.29 is 18.8 Å². The second-order valence-corrected chi connectivity index (χ2v) is 5.55. The van der Waals surface area contributed by atoms with Gasteiger partial charge in [-0.3, -0.25) is 4.79 Å². The lowest BCUT2D eigenvalue weighted by atomic mass is 10.1. The molecule has 0 spiro atoms. The molecule has 0 saturated carbocycles. The molecule has 1 amide bonds. The molecule has 22 heavy (non-hydrogen) atoms. The van der Waals surface area contributed by atoms with E-state index in [1.807, 2.05) is 13.8 Å². The van der Waals surface area contributed by atoms with Crippen LogP contribution in [0.5, 0.6) is 0 Å². The third kappa shape index (κ3) is 4.14. The van der Waals surface area contributed by atoms with Gasteiger partial charge in [0.1, 0.15) is 5.82 Å². The molecular weight excluding hydrogens is 287 g/mol. The van der Waals surface area contributed by atoms with Gasteiger partial charge in [-0.2, -0.15) is 0 Å². The van der Waals surface area contributed by atoms with Gasteiger partial charge < -0.3 is 14.9 Å². The summed E-state index contributed by atoms with van der Waals surface area (Å²) in [5, 5.41) is 15.9. The second kappa shape index (κ2) is 7.17. The van der Waals surface area contributed by atoms with E-state index < -0.39 is 17.8 Å². The van der Waals surface area contributed by atoms with Gasteiger partial charge >= 0.3 is 0 Å². The summed E-state index contributed by atoms with van der Waals surface area (Å²) in [5.74, 6) is -0.385. The van der Waals surface area contributed by atoms with Crippen LogP contribution in [0.2, 0.25) is 0 Å². The Kier molecular flexibility index (Phi) is 5.27. The molecule has 1 heterocycles. The maximum absolute atomic E-state index is 13.6. The van der Waals surface area contributed by atoms with E-state index in [9.17, 15) is 14.3 Å². The Bertz CT molecular complexity index is 640. The zero-order valence-corrected chi connectivity index (χ0v) is 12.5. The van der Waals surface area contributed by atoms with Crippen LogP contribution in [0.4, 0.5) is 4.39 Å². The van der Waals surface area contributed by atoms with Gasteiger partial charge in [-0.05, 0) is 24.5 Å². The Morgan fingerprint density at radius 1 is 1.41 bits per heavy atom. The Labute approximate surface area is 128 Å². The van der Waals surface area contributed by atoms with Gasteiger partial charge in [-0.15, -0.1) is 0 Å². The molecule has 6 heteroatoms. The van der Waals surface area contributed by atoms with Crippen molar-refractivity contribution in [3.63, 3.8) is 0 Å². The van der Waals surface area contributed by atoms with Crippen LogP contribution >= 0.6 is 0 Å². The Balaban J connectivity index is 1.99. The lowest BCUT2D eigenvalue weighted by molar-refractivity contribution is 0.0891. The first-order valence-electron chi connectivity index (χ1n) is 7.15. The SMILES string of the molecule is CC(C)CC(O)CNC(=O)c1cc(-c2ccccc2F)on1. The monoisotopic (exact) mass is 306 g/mol. The first-order chi connectivity index (χ1) is 10.5. The van der Waals surface area contributed by atoms with Gasteiger partial charge in [-0.25, -0.2) is 4.39 Å². The molecule has 1 atom stereocenters. The third-order valence-corrected chi connectivity index (χ3v) is 3.12. The summed E-state index contributed by atoms with van der Waals surface area (Å²) < 4.78 is 18.7. The average molecular weight is 306 g/mol. The van der Waals surface area contributed by atoms with Crippen molar-refractivity contribution in [3.05, 3.63) is 41.8 Å². The number of aromatic nitrogens is 1. The van der Waals surface area contributed by atoms with Crippen molar-refractivity contribution in [1.82, 2.24) is 10.5 Å². The smallest absolute Gasteiger partial charge is 0.273 e. The molecule has 1 unspecified atom stereocenters. The first-order valence-corrected chi connectivity index (χ1v) is 7.15. The van der Waals surface area contributed by atoms with Crippen LogP contribution in [0.15, 0.2) is 34.9 Å². The summed E-state index contributed by atoms with van der Waals surface area (Å²) in [5.41, 5.74) is 0.295. The van der Waals surface area contributed by atoms with Crippen molar-refractivity contribution >= 4 is 5.91 Å². The van der Waals surface area contributed by atoms with Crippen molar-refractivity contribution in [1.29, 1.82) is 0 Å². The quantitative estimate of drug-likeness (QED) is 0.860. The number of nitrogens with zero attached hydrogens (tertiary/aromatic N) is 1. The fourth-order valence-electron chi connectivity index (χ4n) is 2.10. The summed E-state index contributed by atoms with van der Waals surface area (Å²) in [6, 6.07) is 7.47. The number of benzene rings is 1. The number of carbonyl (C=O) groups is 1. The highest BCUT2D eigenvalue weighted by Crippen LogP contribution is 2.23. The van der Waals surface area contributed by atoms with Gasteiger partial charge in [0.15, 0.2) is 11.5 Å². The molecule has 0 bridgehead atoms. The van der Waals surface area contributed by atoms with E-state index in [-0.39, 0.29) is 23.6 Å². The van der Waals surface area contributed by atoms with Crippen LogP contribution in [0.1, 0.15) is 30.8 Å². The highest BCUT2D eigenvalue weighted by molar-refractivity contribution is 5.93. The number of hydrogen-bond donors (Lipinski definition) is 2. The molecule has 0 radical (unpaired) electrons. The highest BCUT2D eigenvalue weighted by atomic mass is 19.1. The molecule has 2 rings (SSSR count). The minimum atomic E-state index is -0.609. The molecule has 0 aliphatic rings. The molecule has 0 aliphatic carbocycles. The van der Waals surface area contributed by atoms with Crippen LogP contribution in [-0.2, 0) is 0 Å². The van der Waals surface area contributed by atoms with Crippen molar-refractivity contribution in [2.75, 3.05) is 6.54 Å². The molecule has 1 aromatic carbocycles. The van der Waals surface area contributed by atoms with Crippen molar-refractivity contribution in [2.24, 2.45) is 5.92 Å². The van der Waals surface area contributed by atoms with Crippen LogP contribution < -0.4 is 5.32 Å². The van der Waals surface area contributed by atoms with Crippen molar-refractivity contribution in [2.45, 2.75) is 26.4 Å². The van der Waals surface area contributed by atoms with Crippen LogP contribution in [0.3, 0.4) is 0 Å². The van der Waals surface area contributed by atoms with Crippen molar-refractivity contribution in [3.8, 4) is 11.3 Å². The lowest BCUT2D eigenvalue weighted by Gasteiger charge is -2.12. The third-order valence-electron chi connectivity index (χ3n) is 3.12. The summed E-state index contributed by atoms with van der Waals surface area (Å²) in [6.07, 6.45) is -0.0126. The number of nitrogens with one attached hydrogen (secondary N) is 1. The number of rotatable bonds is 6. The molecular formula is C16H19FN2O3. The van der Waals surface area contributed by atoms with Gasteiger partial charge in [0, 0.05) is 12.6 Å². The number of hydrogen-bond acceptors (Lipinski definition) is 4. The Morgan fingerprint density at radius 3 is 2.82 bits per heavy atom. The number of amides is 1. The summed E-state index contributed by atoms with van der Waals surface area (Å²) >= 11 is 0. The number of aliphatic hydroxyl groups excluding tert-OH is 1. The molecule has 0 fully saturated rings. The van der Waals surface area contributed by atoms with E-state index in [1.54, 1.807) is 18.2 Å². The molecule has 5 nitrogen and oxygen atoms in total. The van der Waals surface area contributed by atoms with E-state index in [4.69, 9.17) is 4.52 Å². The highest BCUT2D eigenvalue weighted by Gasteiger charge is 2.16. The van der Waals surface area contributed by atoms with E-state index in [0.717, 1.165) is 0 Å².